The van der Waals surface area contributed by atoms with Gasteiger partial charge in [-0.25, -0.2) is 24.3 Å². The van der Waals surface area contributed by atoms with Crippen molar-refractivity contribution in [2.45, 2.75) is 52.4 Å². The smallest absolute Gasteiger partial charge is 0.343 e. The zero-order valence-electron chi connectivity index (χ0n) is 13.9. The van der Waals surface area contributed by atoms with Crippen LogP contribution in [0.1, 0.15) is 52.4 Å². The third kappa shape index (κ3) is 32.7. The summed E-state index contributed by atoms with van der Waals surface area (Å²) >= 11 is 0. The second-order valence-corrected chi connectivity index (χ2v) is 4.34. The largest absolute Gasteiger partial charge is 4.00 e. The quantitative estimate of drug-likeness (QED) is 0.428. The van der Waals surface area contributed by atoms with Crippen LogP contribution in [0.3, 0.4) is 0 Å². The Bertz CT molecular complexity index is 211. The minimum absolute atomic E-state index is 0. The molecule has 0 N–H and O–H groups in total. The van der Waals surface area contributed by atoms with Crippen molar-refractivity contribution in [1.82, 2.24) is 0 Å². The van der Waals surface area contributed by atoms with Crippen molar-refractivity contribution in [2.24, 2.45) is 0 Å². The van der Waals surface area contributed by atoms with Crippen molar-refractivity contribution in [3.8, 4) is 0 Å². The Morgan fingerprint density at radius 1 is 0.667 bits per heavy atom. The van der Waals surface area contributed by atoms with E-state index in [4.69, 9.17) is 0 Å². The molecule has 0 nitrogen and oxygen atoms in total. The van der Waals surface area contributed by atoms with Gasteiger partial charge in [0.1, 0.15) is 0 Å². The molecule has 2 rings (SSSR count). The monoisotopic (exact) mass is 320 g/mol. The number of unbranched alkanes of at least 4 members (excludes halogenated alkanes) is 4. The molecule has 0 fully saturated rings. The summed E-state index contributed by atoms with van der Waals surface area (Å²) in [4.78, 5) is 0. The zero-order chi connectivity index (χ0) is 15.3. The first-order valence-electron chi connectivity index (χ1n) is 7.75. The molecule has 0 atom stereocenters. The third-order valence-corrected chi connectivity index (χ3v) is 2.32. The molecule has 0 aliphatic heterocycles. The molecule has 0 bridgehead atoms. The summed E-state index contributed by atoms with van der Waals surface area (Å²) in [6.07, 6.45) is 7.31. The summed E-state index contributed by atoms with van der Waals surface area (Å²) in [6.45, 7) is 11.7. The van der Waals surface area contributed by atoms with Crippen molar-refractivity contribution in [1.29, 1.82) is 0 Å². The number of hydrogen-bond donors (Lipinski definition) is 0. The van der Waals surface area contributed by atoms with Crippen LogP contribution in [0.4, 0.5) is 0 Å². The Morgan fingerprint density at radius 2 is 0.952 bits per heavy atom. The molecule has 0 amide bonds. The minimum atomic E-state index is 0. The fourth-order valence-corrected chi connectivity index (χ4v) is 1.14. The Kier molecular flexibility index (Phi) is 33.5. The van der Waals surface area contributed by atoms with Crippen LogP contribution in [0.25, 0.3) is 0 Å². The van der Waals surface area contributed by atoms with Crippen LogP contribution < -0.4 is 0 Å². The Morgan fingerprint density at radius 3 is 1.00 bits per heavy atom. The molecule has 0 heterocycles. The minimum Gasteiger partial charge on any atom is -0.343 e. The van der Waals surface area contributed by atoms with Gasteiger partial charge in [-0.15, -0.1) is 0 Å². The summed E-state index contributed by atoms with van der Waals surface area (Å²) in [7, 11) is 0. The summed E-state index contributed by atoms with van der Waals surface area (Å²) in [5.74, 6) is 0. The van der Waals surface area contributed by atoms with Crippen molar-refractivity contribution in [3.05, 3.63) is 74.5 Å². The van der Waals surface area contributed by atoms with E-state index in [1.165, 1.54) is 25.7 Å². The first kappa shape index (κ1) is 25.4. The van der Waals surface area contributed by atoms with E-state index in [-0.39, 0.29) is 21.7 Å². The van der Waals surface area contributed by atoms with Gasteiger partial charge >= 0.3 is 21.7 Å². The van der Waals surface area contributed by atoms with Crippen LogP contribution in [0.2, 0.25) is 0 Å². The van der Waals surface area contributed by atoms with Crippen LogP contribution in [0, 0.1) is 13.8 Å². The van der Waals surface area contributed by atoms with Gasteiger partial charge in [0.2, 0.25) is 0 Å². The molecule has 0 aliphatic rings. The van der Waals surface area contributed by atoms with E-state index in [1.54, 1.807) is 0 Å². The van der Waals surface area contributed by atoms with Gasteiger partial charge in [0.25, 0.3) is 0 Å². The fourth-order valence-electron chi connectivity index (χ4n) is 1.14. The topological polar surface area (TPSA) is 0 Å². The standard InChI is InChI=1S/2C5H5.2C5H11.Ti/c2*1-2-4-5-3-1;2*1-3-5-4-2;/h2*1-5H;2*1,3-5H2,2H3;/q4*-1;+4. The average Bonchev–Trinajstić information content (AvgIpc) is 3.20. The van der Waals surface area contributed by atoms with Gasteiger partial charge in [-0.05, 0) is 0 Å². The predicted molar refractivity (Wildman–Crippen MR) is 93.8 cm³/mol. The van der Waals surface area contributed by atoms with Gasteiger partial charge in [0.15, 0.2) is 0 Å². The predicted octanol–water partition coefficient (Wildman–Crippen LogP) is 6.83. The van der Waals surface area contributed by atoms with Crippen LogP contribution in [-0.2, 0) is 21.7 Å². The molecule has 21 heavy (non-hydrogen) atoms. The number of rotatable bonds is 4. The summed E-state index contributed by atoms with van der Waals surface area (Å²) in [5.41, 5.74) is 0. The van der Waals surface area contributed by atoms with E-state index in [0.717, 1.165) is 12.8 Å². The molecule has 0 aromatic heterocycles. The summed E-state index contributed by atoms with van der Waals surface area (Å²) < 4.78 is 0. The van der Waals surface area contributed by atoms with Gasteiger partial charge in [-0.2, -0.15) is 49.2 Å². The van der Waals surface area contributed by atoms with E-state index in [2.05, 4.69) is 27.7 Å². The SMILES string of the molecule is [CH2-]CCCC.[CH2-]CCCC.[Ti+4].c1cc[cH-]c1.c1cc[cH-]c1. The van der Waals surface area contributed by atoms with Crippen LogP contribution in [-0.4, -0.2) is 0 Å². The normalized spacial score (nSPS) is 7.81. The van der Waals surface area contributed by atoms with Gasteiger partial charge in [0.05, 0.1) is 0 Å². The van der Waals surface area contributed by atoms with E-state index in [9.17, 15) is 0 Å². The fraction of sp³-hybridized carbons (Fsp3) is 0.400. The average molecular weight is 320 g/mol. The van der Waals surface area contributed by atoms with Gasteiger partial charge < -0.3 is 13.8 Å². The first-order chi connectivity index (χ1) is 9.83. The van der Waals surface area contributed by atoms with Crippen LogP contribution in [0.15, 0.2) is 60.7 Å². The zero-order valence-corrected chi connectivity index (χ0v) is 15.5. The van der Waals surface area contributed by atoms with Gasteiger partial charge in [-0.1, -0.05) is 39.5 Å². The Balaban J connectivity index is -0.000000202. The van der Waals surface area contributed by atoms with E-state index in [0.29, 0.717) is 0 Å². The molecule has 2 aromatic rings. The van der Waals surface area contributed by atoms with Crippen LogP contribution in [0.5, 0.6) is 0 Å². The van der Waals surface area contributed by atoms with E-state index >= 15 is 0 Å². The molecule has 0 unspecified atom stereocenters. The molecule has 2 aromatic carbocycles. The Hall–Kier alpha value is -0.586. The maximum absolute atomic E-state index is 3.68. The Labute approximate surface area is 148 Å². The van der Waals surface area contributed by atoms with Crippen molar-refractivity contribution in [3.63, 3.8) is 0 Å². The molecule has 0 saturated heterocycles. The van der Waals surface area contributed by atoms with E-state index < -0.39 is 0 Å². The summed E-state index contributed by atoms with van der Waals surface area (Å²) in [6, 6.07) is 20.0. The van der Waals surface area contributed by atoms with Gasteiger partial charge in [-0.3, -0.25) is 0 Å². The molecule has 0 saturated carbocycles. The maximum atomic E-state index is 3.68. The summed E-state index contributed by atoms with van der Waals surface area (Å²) in [5, 5.41) is 0. The van der Waals surface area contributed by atoms with Crippen molar-refractivity contribution < 1.29 is 21.7 Å². The molecular weight excluding hydrogens is 288 g/mol. The second-order valence-electron chi connectivity index (χ2n) is 4.34. The second kappa shape index (κ2) is 27.7. The first-order valence-corrected chi connectivity index (χ1v) is 7.75. The molecule has 1 heteroatoms. The van der Waals surface area contributed by atoms with Crippen LogP contribution >= 0.6 is 0 Å². The van der Waals surface area contributed by atoms with E-state index in [1.807, 2.05) is 60.7 Å². The van der Waals surface area contributed by atoms with Crippen molar-refractivity contribution in [2.75, 3.05) is 0 Å². The maximum Gasteiger partial charge on any atom is 4.00 e. The van der Waals surface area contributed by atoms with Gasteiger partial charge in [0, 0.05) is 0 Å². The molecule has 0 spiro atoms. The molecule has 0 radical (unpaired) electrons. The molecule has 0 aliphatic carbocycles. The molecule has 116 valence electrons. The third-order valence-electron chi connectivity index (χ3n) is 2.32. The molecular formula is C20H32Ti. The number of hydrogen-bond acceptors (Lipinski definition) is 0. The van der Waals surface area contributed by atoms with Crippen molar-refractivity contribution >= 4 is 0 Å².